The summed E-state index contributed by atoms with van der Waals surface area (Å²) < 4.78 is 5.31. The Morgan fingerprint density at radius 3 is 2.93 bits per heavy atom. The van der Waals surface area contributed by atoms with E-state index >= 15 is 0 Å². The minimum atomic E-state index is -0.631. The third kappa shape index (κ3) is 3.40. The lowest BCUT2D eigenvalue weighted by molar-refractivity contribution is 0.136. The van der Waals surface area contributed by atoms with E-state index < -0.39 is 6.10 Å². The Kier molecular flexibility index (Phi) is 3.98. The molecule has 0 aliphatic carbocycles. The molecule has 1 unspecified atom stereocenters. The third-order valence-corrected chi connectivity index (χ3v) is 2.01. The number of hydrogen-bond donors (Lipinski definition) is 1. The molecule has 3 heteroatoms. The van der Waals surface area contributed by atoms with Crippen molar-refractivity contribution in [2.24, 2.45) is 0 Å². The second-order valence-electron chi connectivity index (χ2n) is 3.13. The Morgan fingerprint density at radius 1 is 1.64 bits per heavy atom. The minimum absolute atomic E-state index is 0.204. The van der Waals surface area contributed by atoms with Gasteiger partial charge in [0.2, 0.25) is 0 Å². The van der Waals surface area contributed by atoms with Crippen molar-refractivity contribution in [1.29, 1.82) is 0 Å². The van der Waals surface area contributed by atoms with E-state index in [-0.39, 0.29) is 6.61 Å². The lowest BCUT2D eigenvalue weighted by atomic mass is 10.2. The SMILES string of the molecule is C=C(C)C(O)COc1cccc(Cl)c1. The largest absolute Gasteiger partial charge is 0.490 e. The second kappa shape index (κ2) is 5.03. The molecule has 1 aromatic rings. The fraction of sp³-hybridized carbons (Fsp3) is 0.273. The Bertz CT molecular complexity index is 323. The molecule has 0 aliphatic rings. The normalized spacial score (nSPS) is 12.2. The van der Waals surface area contributed by atoms with Gasteiger partial charge in [0.25, 0.3) is 0 Å². The van der Waals surface area contributed by atoms with E-state index in [1.807, 2.05) is 0 Å². The summed E-state index contributed by atoms with van der Waals surface area (Å²) in [5.41, 5.74) is 0.687. The van der Waals surface area contributed by atoms with Crippen molar-refractivity contribution < 1.29 is 9.84 Å². The number of aliphatic hydroxyl groups excluding tert-OH is 1. The van der Waals surface area contributed by atoms with Gasteiger partial charge in [-0.15, -0.1) is 0 Å². The van der Waals surface area contributed by atoms with Gasteiger partial charge in [-0.25, -0.2) is 0 Å². The predicted octanol–water partition coefficient (Wildman–Crippen LogP) is 2.66. The van der Waals surface area contributed by atoms with Gasteiger partial charge in [0.15, 0.2) is 0 Å². The van der Waals surface area contributed by atoms with Gasteiger partial charge < -0.3 is 9.84 Å². The fourth-order valence-corrected chi connectivity index (χ4v) is 1.05. The molecule has 0 radical (unpaired) electrons. The zero-order valence-corrected chi connectivity index (χ0v) is 8.79. The highest BCUT2D eigenvalue weighted by molar-refractivity contribution is 6.30. The van der Waals surface area contributed by atoms with Crippen molar-refractivity contribution in [3.63, 3.8) is 0 Å². The van der Waals surface area contributed by atoms with Gasteiger partial charge in [-0.3, -0.25) is 0 Å². The first-order valence-electron chi connectivity index (χ1n) is 4.31. The number of aliphatic hydroxyl groups is 1. The maximum Gasteiger partial charge on any atom is 0.120 e. The van der Waals surface area contributed by atoms with E-state index in [0.29, 0.717) is 16.3 Å². The van der Waals surface area contributed by atoms with Crippen molar-refractivity contribution >= 4 is 11.6 Å². The third-order valence-electron chi connectivity index (χ3n) is 1.77. The molecule has 1 rings (SSSR count). The molecule has 76 valence electrons. The van der Waals surface area contributed by atoms with E-state index in [4.69, 9.17) is 16.3 Å². The summed E-state index contributed by atoms with van der Waals surface area (Å²) in [6.07, 6.45) is -0.631. The maximum absolute atomic E-state index is 9.40. The van der Waals surface area contributed by atoms with E-state index in [9.17, 15) is 5.11 Å². The van der Waals surface area contributed by atoms with Gasteiger partial charge in [0, 0.05) is 5.02 Å². The lowest BCUT2D eigenvalue weighted by Gasteiger charge is -2.11. The summed E-state index contributed by atoms with van der Waals surface area (Å²) >= 11 is 5.76. The molecule has 1 atom stereocenters. The number of ether oxygens (including phenoxy) is 1. The standard InChI is InChI=1S/C11H13ClO2/c1-8(2)11(13)7-14-10-5-3-4-9(12)6-10/h3-6,11,13H,1,7H2,2H3. The van der Waals surface area contributed by atoms with Crippen LogP contribution in [0.15, 0.2) is 36.4 Å². The van der Waals surface area contributed by atoms with Crippen LogP contribution in [0.2, 0.25) is 5.02 Å². The van der Waals surface area contributed by atoms with Gasteiger partial charge >= 0.3 is 0 Å². The van der Waals surface area contributed by atoms with E-state index in [2.05, 4.69) is 6.58 Å². The second-order valence-corrected chi connectivity index (χ2v) is 3.57. The van der Waals surface area contributed by atoms with Gasteiger partial charge in [-0.1, -0.05) is 24.2 Å². The molecule has 0 aromatic heterocycles. The van der Waals surface area contributed by atoms with Crippen molar-refractivity contribution in [2.75, 3.05) is 6.61 Å². The van der Waals surface area contributed by atoms with E-state index in [1.165, 1.54) is 0 Å². The molecule has 0 spiro atoms. The zero-order valence-electron chi connectivity index (χ0n) is 8.03. The van der Waals surface area contributed by atoms with Crippen LogP contribution in [0.3, 0.4) is 0 Å². The first kappa shape index (κ1) is 11.1. The zero-order chi connectivity index (χ0) is 10.6. The Labute approximate surface area is 88.8 Å². The summed E-state index contributed by atoms with van der Waals surface area (Å²) in [5, 5.41) is 10.0. The molecule has 1 N–H and O–H groups in total. The Morgan fingerprint density at radius 2 is 2.36 bits per heavy atom. The maximum atomic E-state index is 9.40. The van der Waals surface area contributed by atoms with Gasteiger partial charge in [-0.2, -0.15) is 0 Å². The minimum Gasteiger partial charge on any atom is -0.490 e. The van der Waals surface area contributed by atoms with E-state index in [0.717, 1.165) is 0 Å². The number of hydrogen-bond acceptors (Lipinski definition) is 2. The lowest BCUT2D eigenvalue weighted by Crippen LogP contribution is -2.17. The Hall–Kier alpha value is -0.990. The Balaban J connectivity index is 2.49. The molecule has 0 bridgehead atoms. The average Bonchev–Trinajstić information content (AvgIpc) is 2.14. The smallest absolute Gasteiger partial charge is 0.120 e. The monoisotopic (exact) mass is 212 g/mol. The van der Waals surface area contributed by atoms with Gasteiger partial charge in [0.1, 0.15) is 18.5 Å². The molecule has 0 amide bonds. The highest BCUT2D eigenvalue weighted by Crippen LogP contribution is 2.17. The predicted molar refractivity (Wildman–Crippen MR) is 57.8 cm³/mol. The molecular weight excluding hydrogens is 200 g/mol. The summed E-state index contributed by atoms with van der Waals surface area (Å²) in [6.45, 7) is 5.59. The van der Waals surface area contributed by atoms with Crippen molar-refractivity contribution in [3.05, 3.63) is 41.4 Å². The van der Waals surface area contributed by atoms with Crippen LogP contribution >= 0.6 is 11.6 Å². The molecule has 2 nitrogen and oxygen atoms in total. The number of halogens is 1. The first-order chi connectivity index (χ1) is 6.59. The summed E-state index contributed by atoms with van der Waals surface area (Å²) in [7, 11) is 0. The van der Waals surface area contributed by atoms with E-state index in [1.54, 1.807) is 31.2 Å². The highest BCUT2D eigenvalue weighted by Gasteiger charge is 2.05. The topological polar surface area (TPSA) is 29.5 Å². The first-order valence-corrected chi connectivity index (χ1v) is 4.69. The van der Waals surface area contributed by atoms with Crippen molar-refractivity contribution in [2.45, 2.75) is 13.0 Å². The van der Waals surface area contributed by atoms with Crippen LogP contribution in [0.4, 0.5) is 0 Å². The van der Waals surface area contributed by atoms with Crippen LogP contribution in [0, 0.1) is 0 Å². The average molecular weight is 213 g/mol. The quantitative estimate of drug-likeness (QED) is 0.778. The molecule has 0 saturated carbocycles. The fourth-order valence-electron chi connectivity index (χ4n) is 0.874. The van der Waals surface area contributed by atoms with Crippen molar-refractivity contribution in [1.82, 2.24) is 0 Å². The van der Waals surface area contributed by atoms with Crippen LogP contribution in [-0.2, 0) is 0 Å². The van der Waals surface area contributed by atoms with Crippen molar-refractivity contribution in [3.8, 4) is 5.75 Å². The molecule has 0 heterocycles. The van der Waals surface area contributed by atoms with Crippen LogP contribution in [0.1, 0.15) is 6.92 Å². The highest BCUT2D eigenvalue weighted by atomic mass is 35.5. The molecule has 0 fully saturated rings. The van der Waals surface area contributed by atoms with Crippen LogP contribution in [0.5, 0.6) is 5.75 Å². The molecular formula is C11H13ClO2. The summed E-state index contributed by atoms with van der Waals surface area (Å²) in [4.78, 5) is 0. The van der Waals surface area contributed by atoms with Crippen LogP contribution in [-0.4, -0.2) is 17.8 Å². The summed E-state index contributed by atoms with van der Waals surface area (Å²) in [5.74, 6) is 0.651. The molecule has 0 aliphatic heterocycles. The molecule has 1 aromatic carbocycles. The summed E-state index contributed by atoms with van der Waals surface area (Å²) in [6, 6.07) is 7.05. The van der Waals surface area contributed by atoms with Gasteiger partial charge in [0.05, 0.1) is 0 Å². The molecule has 14 heavy (non-hydrogen) atoms. The number of rotatable bonds is 4. The van der Waals surface area contributed by atoms with Crippen LogP contribution in [0.25, 0.3) is 0 Å². The number of benzene rings is 1. The van der Waals surface area contributed by atoms with Crippen LogP contribution < -0.4 is 4.74 Å². The van der Waals surface area contributed by atoms with Gasteiger partial charge in [-0.05, 0) is 30.7 Å². The molecule has 0 saturated heterocycles.